The van der Waals surface area contributed by atoms with Crippen LogP contribution >= 0.6 is 0 Å². The minimum absolute atomic E-state index is 0.0662. The van der Waals surface area contributed by atoms with Gasteiger partial charge in [0.2, 0.25) is 6.79 Å². The van der Waals surface area contributed by atoms with Crippen molar-refractivity contribution < 1.29 is 14.3 Å². The lowest BCUT2D eigenvalue weighted by Gasteiger charge is -2.21. The van der Waals surface area contributed by atoms with Crippen LogP contribution in [0.5, 0.6) is 11.5 Å². The molecule has 0 aliphatic carbocycles. The fourth-order valence-electron chi connectivity index (χ4n) is 2.74. The summed E-state index contributed by atoms with van der Waals surface area (Å²) in [6, 6.07) is 5.51. The Morgan fingerprint density at radius 1 is 1.26 bits per heavy atom. The molecule has 2 aliphatic heterocycles. The summed E-state index contributed by atoms with van der Waals surface area (Å²) < 4.78 is 10.7. The maximum Gasteiger partial charge on any atom is 0.257 e. The Hall–Kier alpha value is -1.71. The maximum absolute atomic E-state index is 12.6. The molecule has 1 amide bonds. The first-order chi connectivity index (χ1) is 9.25. The molecule has 3 rings (SSSR count). The van der Waals surface area contributed by atoms with E-state index in [1.54, 1.807) is 0 Å². The number of ether oxygens (including phenoxy) is 2. The van der Waals surface area contributed by atoms with Crippen molar-refractivity contribution in [2.24, 2.45) is 5.92 Å². The summed E-state index contributed by atoms with van der Waals surface area (Å²) in [5, 5.41) is 0. The van der Waals surface area contributed by atoms with Gasteiger partial charge in [-0.2, -0.15) is 0 Å². The minimum Gasteiger partial charge on any atom is -0.454 e. The molecule has 0 unspecified atom stereocenters. The van der Waals surface area contributed by atoms with Gasteiger partial charge in [-0.15, -0.1) is 0 Å². The Kier molecular flexibility index (Phi) is 3.32. The number of amides is 1. The maximum atomic E-state index is 12.6. The summed E-state index contributed by atoms with van der Waals surface area (Å²) in [5.74, 6) is 2.05. The Morgan fingerprint density at radius 2 is 2.16 bits per heavy atom. The molecule has 4 heteroatoms. The van der Waals surface area contributed by atoms with Gasteiger partial charge in [-0.05, 0) is 37.3 Å². The van der Waals surface area contributed by atoms with Crippen LogP contribution in [0.15, 0.2) is 18.2 Å². The summed E-state index contributed by atoms with van der Waals surface area (Å²) in [7, 11) is 0. The van der Waals surface area contributed by atoms with E-state index in [0.717, 1.165) is 25.9 Å². The number of fused-ring (bicyclic) bond motifs is 1. The lowest BCUT2D eigenvalue weighted by Crippen LogP contribution is -2.32. The first-order valence-electron chi connectivity index (χ1n) is 6.93. The number of carbonyl (C=O) groups is 1. The van der Waals surface area contributed by atoms with Crippen LogP contribution in [-0.4, -0.2) is 30.7 Å². The second-order valence-corrected chi connectivity index (χ2v) is 5.37. The van der Waals surface area contributed by atoms with Crippen LogP contribution < -0.4 is 9.47 Å². The first-order valence-corrected chi connectivity index (χ1v) is 6.93. The van der Waals surface area contributed by atoms with Gasteiger partial charge < -0.3 is 14.4 Å². The summed E-state index contributed by atoms with van der Waals surface area (Å²) >= 11 is 0. The van der Waals surface area contributed by atoms with E-state index >= 15 is 0 Å². The highest BCUT2D eigenvalue weighted by Gasteiger charge is 2.26. The Bertz CT molecular complexity index is 486. The molecule has 1 aromatic rings. The number of nitrogens with zero attached hydrogens (tertiary/aromatic N) is 1. The molecule has 0 spiro atoms. The number of hydrogen-bond donors (Lipinski definition) is 0. The molecule has 1 saturated heterocycles. The molecule has 2 heterocycles. The van der Waals surface area contributed by atoms with Gasteiger partial charge >= 0.3 is 0 Å². The summed E-state index contributed by atoms with van der Waals surface area (Å²) in [6.45, 7) is 4.14. The molecule has 0 aromatic heterocycles. The van der Waals surface area contributed by atoms with Gasteiger partial charge in [0.1, 0.15) is 0 Å². The molecule has 1 fully saturated rings. The van der Waals surface area contributed by atoms with Gasteiger partial charge in [-0.25, -0.2) is 0 Å². The van der Waals surface area contributed by atoms with E-state index < -0.39 is 0 Å². The van der Waals surface area contributed by atoms with Crippen molar-refractivity contribution in [1.82, 2.24) is 4.90 Å². The lowest BCUT2D eigenvalue weighted by molar-refractivity contribution is 0.0755. The number of rotatable bonds is 1. The highest BCUT2D eigenvalue weighted by molar-refractivity contribution is 5.98. The fourth-order valence-corrected chi connectivity index (χ4v) is 2.74. The highest BCUT2D eigenvalue weighted by Crippen LogP contribution is 2.36. The van der Waals surface area contributed by atoms with Crippen LogP contribution in [-0.2, 0) is 0 Å². The number of hydrogen-bond acceptors (Lipinski definition) is 3. The van der Waals surface area contributed by atoms with Gasteiger partial charge in [0.25, 0.3) is 5.91 Å². The van der Waals surface area contributed by atoms with Crippen molar-refractivity contribution in [3.63, 3.8) is 0 Å². The normalized spacial score (nSPS) is 22.2. The van der Waals surface area contributed by atoms with Crippen molar-refractivity contribution >= 4 is 5.91 Å². The van der Waals surface area contributed by atoms with Crippen molar-refractivity contribution in [2.45, 2.75) is 26.2 Å². The van der Waals surface area contributed by atoms with Crippen molar-refractivity contribution in [3.05, 3.63) is 23.8 Å². The molecule has 1 atom stereocenters. The van der Waals surface area contributed by atoms with E-state index in [-0.39, 0.29) is 12.7 Å². The summed E-state index contributed by atoms with van der Waals surface area (Å²) in [5.41, 5.74) is 0.629. The largest absolute Gasteiger partial charge is 0.454 e. The van der Waals surface area contributed by atoms with Crippen molar-refractivity contribution in [3.8, 4) is 11.5 Å². The predicted octanol–water partition coefficient (Wildman–Crippen LogP) is 2.68. The quantitative estimate of drug-likeness (QED) is 0.780. The molecule has 0 N–H and O–H groups in total. The van der Waals surface area contributed by atoms with Gasteiger partial charge in [-0.3, -0.25) is 4.79 Å². The van der Waals surface area contributed by atoms with Crippen LogP contribution in [0, 0.1) is 5.92 Å². The predicted molar refractivity (Wildman–Crippen MR) is 71.5 cm³/mol. The molecular weight excluding hydrogens is 242 g/mol. The Morgan fingerprint density at radius 3 is 3.05 bits per heavy atom. The third-order valence-electron chi connectivity index (χ3n) is 3.93. The average molecular weight is 261 g/mol. The molecule has 1 aromatic carbocycles. The molecule has 0 saturated carbocycles. The van der Waals surface area contributed by atoms with Crippen LogP contribution in [0.25, 0.3) is 0 Å². The second-order valence-electron chi connectivity index (χ2n) is 5.37. The van der Waals surface area contributed by atoms with E-state index in [0.29, 0.717) is 23.0 Å². The van der Waals surface area contributed by atoms with Crippen LogP contribution in [0.1, 0.15) is 36.5 Å². The standard InChI is InChI=1S/C15H19NO3/c1-11-4-3-8-16(9-7-11)15(17)12-5-2-6-13-14(12)19-10-18-13/h2,5-6,11H,3-4,7-10H2,1H3/t11-/m0/s1. The second kappa shape index (κ2) is 5.11. The van der Waals surface area contributed by atoms with Gasteiger partial charge in [0, 0.05) is 13.1 Å². The van der Waals surface area contributed by atoms with Crippen LogP contribution in [0.3, 0.4) is 0 Å². The highest BCUT2D eigenvalue weighted by atomic mass is 16.7. The lowest BCUT2D eigenvalue weighted by atomic mass is 10.0. The topological polar surface area (TPSA) is 38.8 Å². The molecule has 19 heavy (non-hydrogen) atoms. The van der Waals surface area contributed by atoms with Crippen molar-refractivity contribution in [2.75, 3.05) is 19.9 Å². The van der Waals surface area contributed by atoms with Gasteiger partial charge in [0.15, 0.2) is 11.5 Å². The first kappa shape index (κ1) is 12.3. The number of carbonyl (C=O) groups excluding carboxylic acids is 1. The van der Waals surface area contributed by atoms with Crippen molar-refractivity contribution in [1.29, 1.82) is 0 Å². The zero-order chi connectivity index (χ0) is 13.2. The molecule has 102 valence electrons. The van der Waals surface area contributed by atoms with Crippen LogP contribution in [0.4, 0.5) is 0 Å². The number of para-hydroxylation sites is 1. The third-order valence-corrected chi connectivity index (χ3v) is 3.93. The van der Waals surface area contributed by atoms with E-state index in [1.165, 1.54) is 6.42 Å². The van der Waals surface area contributed by atoms with Gasteiger partial charge in [-0.1, -0.05) is 13.0 Å². The minimum atomic E-state index is 0.0662. The Labute approximate surface area is 113 Å². The molecule has 0 bridgehead atoms. The smallest absolute Gasteiger partial charge is 0.257 e. The summed E-state index contributed by atoms with van der Waals surface area (Å²) in [4.78, 5) is 14.6. The SMILES string of the molecule is C[C@H]1CCCN(C(=O)c2cccc3c2OCO3)CC1. The fraction of sp³-hybridized carbons (Fsp3) is 0.533. The zero-order valence-electron chi connectivity index (χ0n) is 11.2. The molecule has 2 aliphatic rings. The summed E-state index contributed by atoms with van der Waals surface area (Å²) in [6.07, 6.45) is 3.37. The van der Waals surface area contributed by atoms with E-state index in [1.807, 2.05) is 23.1 Å². The van der Waals surface area contributed by atoms with E-state index in [2.05, 4.69) is 6.92 Å². The monoisotopic (exact) mass is 261 g/mol. The Balaban J connectivity index is 1.82. The zero-order valence-corrected chi connectivity index (χ0v) is 11.2. The average Bonchev–Trinajstić information content (AvgIpc) is 2.80. The molecular formula is C15H19NO3. The number of likely N-dealkylation sites (tertiary alicyclic amines) is 1. The van der Waals surface area contributed by atoms with E-state index in [4.69, 9.17) is 9.47 Å². The molecule has 0 radical (unpaired) electrons. The van der Waals surface area contributed by atoms with E-state index in [9.17, 15) is 4.79 Å². The van der Waals surface area contributed by atoms with Crippen LogP contribution in [0.2, 0.25) is 0 Å². The molecule has 4 nitrogen and oxygen atoms in total. The number of benzene rings is 1. The third kappa shape index (κ3) is 2.39. The van der Waals surface area contributed by atoms with Gasteiger partial charge in [0.05, 0.1) is 5.56 Å².